The van der Waals surface area contributed by atoms with E-state index < -0.39 is 0 Å². The summed E-state index contributed by atoms with van der Waals surface area (Å²) in [7, 11) is 1.66. The molecule has 0 atom stereocenters. The van der Waals surface area contributed by atoms with Crippen molar-refractivity contribution in [2.75, 3.05) is 32.0 Å². The number of aromatic nitrogens is 1. The van der Waals surface area contributed by atoms with Crippen molar-refractivity contribution < 1.29 is 9.59 Å². The number of nitrogens with zero attached hydrogens (tertiary/aromatic N) is 2. The molecule has 2 heterocycles. The lowest BCUT2D eigenvalue weighted by molar-refractivity contribution is -0.126. The van der Waals surface area contributed by atoms with Crippen LogP contribution < -0.4 is 10.6 Å². The SMILES string of the molecule is CNC(=O)C1CCN(CC(=O)Nc2nc(C)cs2)CC1. The van der Waals surface area contributed by atoms with Gasteiger partial charge in [-0.2, -0.15) is 0 Å². The maximum atomic E-state index is 11.9. The summed E-state index contributed by atoms with van der Waals surface area (Å²) in [6, 6.07) is 0. The molecule has 1 aliphatic heterocycles. The highest BCUT2D eigenvalue weighted by Crippen LogP contribution is 2.18. The number of piperidine rings is 1. The molecule has 1 aliphatic rings. The molecule has 20 heavy (non-hydrogen) atoms. The molecular weight excluding hydrogens is 276 g/mol. The van der Waals surface area contributed by atoms with Gasteiger partial charge in [0.15, 0.2) is 5.13 Å². The fourth-order valence-corrected chi connectivity index (χ4v) is 3.04. The van der Waals surface area contributed by atoms with Crippen molar-refractivity contribution in [3.05, 3.63) is 11.1 Å². The molecule has 7 heteroatoms. The van der Waals surface area contributed by atoms with E-state index in [9.17, 15) is 9.59 Å². The van der Waals surface area contributed by atoms with Crippen molar-refractivity contribution in [2.45, 2.75) is 19.8 Å². The highest BCUT2D eigenvalue weighted by atomic mass is 32.1. The van der Waals surface area contributed by atoms with E-state index in [2.05, 4.69) is 20.5 Å². The largest absolute Gasteiger partial charge is 0.359 e. The number of nitrogens with one attached hydrogen (secondary N) is 2. The van der Waals surface area contributed by atoms with Crippen LogP contribution in [0.25, 0.3) is 0 Å². The molecule has 1 aromatic heterocycles. The molecular formula is C13H20N4O2S. The fourth-order valence-electron chi connectivity index (χ4n) is 2.33. The minimum Gasteiger partial charge on any atom is -0.359 e. The third-order valence-corrected chi connectivity index (χ3v) is 4.31. The molecule has 6 nitrogen and oxygen atoms in total. The zero-order valence-electron chi connectivity index (χ0n) is 11.8. The molecule has 2 rings (SSSR count). The predicted molar refractivity (Wildman–Crippen MR) is 78.7 cm³/mol. The lowest BCUT2D eigenvalue weighted by atomic mass is 9.96. The van der Waals surface area contributed by atoms with Crippen LogP contribution in [0.15, 0.2) is 5.38 Å². The van der Waals surface area contributed by atoms with Gasteiger partial charge < -0.3 is 10.6 Å². The summed E-state index contributed by atoms with van der Waals surface area (Å²) in [5.74, 6) is 0.144. The zero-order chi connectivity index (χ0) is 14.5. The first-order valence-corrected chi connectivity index (χ1v) is 7.62. The Bertz CT molecular complexity index is 480. The van der Waals surface area contributed by atoms with Gasteiger partial charge in [-0.25, -0.2) is 4.98 Å². The van der Waals surface area contributed by atoms with Gasteiger partial charge in [-0.1, -0.05) is 0 Å². The van der Waals surface area contributed by atoms with Crippen molar-refractivity contribution in [1.82, 2.24) is 15.2 Å². The molecule has 0 unspecified atom stereocenters. The van der Waals surface area contributed by atoms with E-state index in [1.54, 1.807) is 7.05 Å². The van der Waals surface area contributed by atoms with Gasteiger partial charge in [0.1, 0.15) is 0 Å². The Morgan fingerprint density at radius 1 is 1.45 bits per heavy atom. The van der Waals surface area contributed by atoms with Crippen LogP contribution in [0.3, 0.4) is 0 Å². The van der Waals surface area contributed by atoms with E-state index in [4.69, 9.17) is 0 Å². The number of anilines is 1. The summed E-state index contributed by atoms with van der Waals surface area (Å²) in [5.41, 5.74) is 0.914. The molecule has 1 fully saturated rings. The molecule has 0 bridgehead atoms. The van der Waals surface area contributed by atoms with E-state index in [1.165, 1.54) is 11.3 Å². The number of aryl methyl sites for hydroxylation is 1. The number of rotatable bonds is 4. The molecule has 110 valence electrons. The van der Waals surface area contributed by atoms with Crippen molar-refractivity contribution in [3.8, 4) is 0 Å². The summed E-state index contributed by atoms with van der Waals surface area (Å²) in [4.78, 5) is 29.7. The van der Waals surface area contributed by atoms with Gasteiger partial charge >= 0.3 is 0 Å². The molecule has 0 aliphatic carbocycles. The Kier molecular flexibility index (Phi) is 5.08. The minimum absolute atomic E-state index is 0.0438. The maximum Gasteiger partial charge on any atom is 0.240 e. The smallest absolute Gasteiger partial charge is 0.240 e. The quantitative estimate of drug-likeness (QED) is 0.864. The summed E-state index contributed by atoms with van der Waals surface area (Å²) in [6.07, 6.45) is 1.62. The van der Waals surface area contributed by atoms with E-state index in [0.29, 0.717) is 11.7 Å². The van der Waals surface area contributed by atoms with Crippen LogP contribution in [-0.2, 0) is 9.59 Å². The maximum absolute atomic E-state index is 11.9. The van der Waals surface area contributed by atoms with E-state index in [-0.39, 0.29) is 17.7 Å². The van der Waals surface area contributed by atoms with Crippen LogP contribution in [0.4, 0.5) is 5.13 Å². The first-order valence-electron chi connectivity index (χ1n) is 6.74. The lowest BCUT2D eigenvalue weighted by Crippen LogP contribution is -2.42. The number of amides is 2. The number of carbonyl (C=O) groups is 2. The topological polar surface area (TPSA) is 74.3 Å². The van der Waals surface area contributed by atoms with Gasteiger partial charge in [0.25, 0.3) is 0 Å². The Balaban J connectivity index is 1.75. The highest BCUT2D eigenvalue weighted by Gasteiger charge is 2.25. The van der Waals surface area contributed by atoms with Crippen LogP contribution in [0.5, 0.6) is 0 Å². The van der Waals surface area contributed by atoms with Gasteiger partial charge in [-0.05, 0) is 32.9 Å². The third-order valence-electron chi connectivity index (χ3n) is 3.44. The number of thiazole rings is 1. The minimum atomic E-state index is -0.0438. The summed E-state index contributed by atoms with van der Waals surface area (Å²) >= 11 is 1.43. The Labute approximate surface area is 122 Å². The molecule has 2 amide bonds. The molecule has 0 radical (unpaired) electrons. The first-order chi connectivity index (χ1) is 9.58. The Hall–Kier alpha value is -1.47. The van der Waals surface area contributed by atoms with Crippen molar-refractivity contribution >= 4 is 28.3 Å². The molecule has 0 saturated carbocycles. The van der Waals surface area contributed by atoms with Gasteiger partial charge in [-0.3, -0.25) is 14.5 Å². The second kappa shape index (κ2) is 6.81. The summed E-state index contributed by atoms with van der Waals surface area (Å²) in [5, 5.41) is 8.04. The molecule has 0 spiro atoms. The average molecular weight is 296 g/mol. The fraction of sp³-hybridized carbons (Fsp3) is 0.615. The number of hydrogen-bond acceptors (Lipinski definition) is 5. The molecule has 0 aromatic carbocycles. The average Bonchev–Trinajstić information content (AvgIpc) is 2.84. The van der Waals surface area contributed by atoms with Crippen molar-refractivity contribution in [3.63, 3.8) is 0 Å². The van der Waals surface area contributed by atoms with Crippen LogP contribution in [0, 0.1) is 12.8 Å². The normalized spacial score (nSPS) is 16.9. The third kappa shape index (κ3) is 4.01. The van der Waals surface area contributed by atoms with Crippen LogP contribution in [0.1, 0.15) is 18.5 Å². The van der Waals surface area contributed by atoms with E-state index in [1.807, 2.05) is 12.3 Å². The molecule has 1 aromatic rings. The molecule has 2 N–H and O–H groups in total. The van der Waals surface area contributed by atoms with Gasteiger partial charge in [0.2, 0.25) is 11.8 Å². The Morgan fingerprint density at radius 3 is 2.70 bits per heavy atom. The standard InChI is InChI=1S/C13H20N4O2S/c1-9-8-20-13(15-9)16-11(18)7-17-5-3-10(4-6-17)12(19)14-2/h8,10H,3-7H2,1-2H3,(H,14,19)(H,15,16,18). The first kappa shape index (κ1) is 14.9. The van der Waals surface area contributed by atoms with Gasteiger partial charge in [0, 0.05) is 18.3 Å². The number of likely N-dealkylation sites (tertiary alicyclic amines) is 1. The van der Waals surface area contributed by atoms with E-state index in [0.717, 1.165) is 31.6 Å². The lowest BCUT2D eigenvalue weighted by Gasteiger charge is -2.30. The predicted octanol–water partition coefficient (Wildman–Crippen LogP) is 0.848. The number of hydrogen-bond donors (Lipinski definition) is 2. The second-order valence-corrected chi connectivity index (χ2v) is 5.86. The van der Waals surface area contributed by atoms with Crippen molar-refractivity contribution in [2.24, 2.45) is 5.92 Å². The monoisotopic (exact) mass is 296 g/mol. The van der Waals surface area contributed by atoms with Gasteiger partial charge in [-0.15, -0.1) is 11.3 Å². The second-order valence-electron chi connectivity index (χ2n) is 5.01. The molecule has 1 saturated heterocycles. The van der Waals surface area contributed by atoms with Crippen LogP contribution >= 0.6 is 11.3 Å². The van der Waals surface area contributed by atoms with Crippen LogP contribution in [-0.4, -0.2) is 48.4 Å². The van der Waals surface area contributed by atoms with Crippen LogP contribution in [0.2, 0.25) is 0 Å². The van der Waals surface area contributed by atoms with E-state index >= 15 is 0 Å². The zero-order valence-corrected chi connectivity index (χ0v) is 12.6. The van der Waals surface area contributed by atoms with Crippen molar-refractivity contribution in [1.29, 1.82) is 0 Å². The highest BCUT2D eigenvalue weighted by molar-refractivity contribution is 7.13. The summed E-state index contributed by atoms with van der Waals surface area (Å²) in [6.45, 7) is 3.82. The number of carbonyl (C=O) groups excluding carboxylic acids is 2. The summed E-state index contributed by atoms with van der Waals surface area (Å²) < 4.78 is 0. The Morgan fingerprint density at radius 2 is 2.15 bits per heavy atom. The van der Waals surface area contributed by atoms with Gasteiger partial charge in [0.05, 0.1) is 12.2 Å².